The van der Waals surface area contributed by atoms with Crippen LogP contribution in [0.3, 0.4) is 0 Å². The molecule has 2 aromatic rings. The Morgan fingerprint density at radius 3 is 2.38 bits per heavy atom. The van der Waals surface area contributed by atoms with Crippen LogP contribution in [0, 0.1) is 0 Å². The molecular formula is C13H12FNO. The highest BCUT2D eigenvalue weighted by molar-refractivity contribution is 5.70. The first-order chi connectivity index (χ1) is 7.83. The van der Waals surface area contributed by atoms with Gasteiger partial charge in [-0.2, -0.15) is 0 Å². The van der Waals surface area contributed by atoms with Gasteiger partial charge in [0.15, 0.2) is 0 Å². The van der Waals surface area contributed by atoms with E-state index in [-0.39, 0.29) is 0 Å². The van der Waals surface area contributed by atoms with Crippen molar-refractivity contribution in [3.8, 4) is 16.9 Å². The molecule has 2 nitrogen and oxygen atoms in total. The van der Waals surface area contributed by atoms with Gasteiger partial charge in [-0.3, -0.25) is 0 Å². The van der Waals surface area contributed by atoms with Gasteiger partial charge in [0, 0.05) is 6.07 Å². The quantitative estimate of drug-likeness (QED) is 0.792. The molecule has 0 fully saturated rings. The van der Waals surface area contributed by atoms with Crippen LogP contribution in [0.25, 0.3) is 11.1 Å². The number of rotatable bonds is 3. The molecule has 2 aromatic carbocycles. The van der Waals surface area contributed by atoms with Crippen LogP contribution in [0.1, 0.15) is 0 Å². The Morgan fingerprint density at radius 2 is 1.75 bits per heavy atom. The Bertz CT molecular complexity index is 448. The molecule has 0 radical (unpaired) electrons. The van der Waals surface area contributed by atoms with Crippen molar-refractivity contribution in [1.29, 1.82) is 0 Å². The summed E-state index contributed by atoms with van der Waals surface area (Å²) in [6.45, 7) is 0. The van der Waals surface area contributed by atoms with E-state index in [4.69, 9.17) is 4.74 Å². The lowest BCUT2D eigenvalue weighted by Gasteiger charge is -2.07. The Hall–Kier alpha value is -2.03. The lowest BCUT2D eigenvalue weighted by molar-refractivity contribution is 0.415. The van der Waals surface area contributed by atoms with Crippen LogP contribution in [0.5, 0.6) is 5.75 Å². The number of benzene rings is 2. The molecular weight excluding hydrogens is 205 g/mol. The maximum atomic E-state index is 12.4. The second kappa shape index (κ2) is 4.66. The summed E-state index contributed by atoms with van der Waals surface area (Å²) in [5.74, 6) is 0.626. The van der Waals surface area contributed by atoms with E-state index in [9.17, 15) is 4.48 Å². The SMILES string of the molecule is COc1cc(NF)cc(-c2ccccc2)c1. The fraction of sp³-hybridized carbons (Fsp3) is 0.0769. The molecule has 3 heteroatoms. The van der Waals surface area contributed by atoms with Crippen LogP contribution in [0.2, 0.25) is 0 Å². The van der Waals surface area contributed by atoms with Gasteiger partial charge in [0.25, 0.3) is 0 Å². The van der Waals surface area contributed by atoms with Crippen LogP contribution in [0.4, 0.5) is 10.2 Å². The average molecular weight is 217 g/mol. The molecule has 1 N–H and O–H groups in total. The van der Waals surface area contributed by atoms with Gasteiger partial charge in [-0.15, -0.1) is 4.48 Å². The minimum absolute atomic E-state index is 0.387. The standard InChI is InChI=1S/C13H12FNO/c1-16-13-8-11(7-12(9-13)15-14)10-5-3-2-4-6-10/h2-9,15H,1H3. The molecule has 82 valence electrons. The first-order valence-electron chi connectivity index (χ1n) is 4.94. The molecule has 0 amide bonds. The topological polar surface area (TPSA) is 21.3 Å². The smallest absolute Gasteiger partial charge is 0.121 e. The zero-order valence-electron chi connectivity index (χ0n) is 8.91. The molecule has 2 rings (SSSR count). The zero-order valence-corrected chi connectivity index (χ0v) is 8.91. The lowest BCUT2D eigenvalue weighted by atomic mass is 10.0. The molecule has 0 aromatic heterocycles. The number of halogens is 1. The van der Waals surface area contributed by atoms with E-state index in [0.29, 0.717) is 11.4 Å². The van der Waals surface area contributed by atoms with Crippen LogP contribution in [-0.2, 0) is 0 Å². The molecule has 0 bridgehead atoms. The van der Waals surface area contributed by atoms with Crippen molar-refractivity contribution in [2.24, 2.45) is 0 Å². The molecule has 0 heterocycles. The number of nitrogens with one attached hydrogen (secondary N) is 1. The molecule has 0 atom stereocenters. The molecule has 0 unspecified atom stereocenters. The molecule has 0 aliphatic rings. The van der Waals surface area contributed by atoms with Gasteiger partial charge in [0.1, 0.15) is 5.75 Å². The van der Waals surface area contributed by atoms with Crippen molar-refractivity contribution in [2.45, 2.75) is 0 Å². The van der Waals surface area contributed by atoms with Crippen molar-refractivity contribution >= 4 is 5.69 Å². The minimum atomic E-state index is 0.387. The van der Waals surface area contributed by atoms with Crippen molar-refractivity contribution in [3.05, 3.63) is 48.5 Å². The lowest BCUT2D eigenvalue weighted by Crippen LogP contribution is -1.88. The number of ether oxygens (including phenoxy) is 1. The largest absolute Gasteiger partial charge is 0.497 e. The minimum Gasteiger partial charge on any atom is -0.497 e. The molecule has 0 spiro atoms. The van der Waals surface area contributed by atoms with Gasteiger partial charge in [0.2, 0.25) is 0 Å². The summed E-state index contributed by atoms with van der Waals surface area (Å²) in [7, 11) is 1.56. The summed E-state index contributed by atoms with van der Waals surface area (Å²) in [6, 6.07) is 15.0. The van der Waals surface area contributed by atoms with Crippen LogP contribution < -0.4 is 10.3 Å². The zero-order chi connectivity index (χ0) is 11.4. The van der Waals surface area contributed by atoms with Gasteiger partial charge in [0.05, 0.1) is 12.8 Å². The van der Waals surface area contributed by atoms with E-state index in [1.165, 1.54) is 0 Å². The van der Waals surface area contributed by atoms with E-state index in [0.717, 1.165) is 11.1 Å². The van der Waals surface area contributed by atoms with Crippen LogP contribution in [-0.4, -0.2) is 7.11 Å². The van der Waals surface area contributed by atoms with Crippen molar-refractivity contribution in [3.63, 3.8) is 0 Å². The third kappa shape index (κ3) is 2.14. The first-order valence-corrected chi connectivity index (χ1v) is 4.94. The Labute approximate surface area is 93.6 Å². The maximum absolute atomic E-state index is 12.4. The number of hydrogen-bond donors (Lipinski definition) is 1. The summed E-state index contributed by atoms with van der Waals surface area (Å²) >= 11 is 0. The number of methoxy groups -OCH3 is 1. The summed E-state index contributed by atoms with van der Waals surface area (Å²) < 4.78 is 17.5. The fourth-order valence-corrected chi connectivity index (χ4v) is 1.57. The highest BCUT2D eigenvalue weighted by Gasteiger charge is 2.03. The second-order valence-corrected chi connectivity index (χ2v) is 3.41. The summed E-state index contributed by atoms with van der Waals surface area (Å²) in [5.41, 5.74) is 3.96. The van der Waals surface area contributed by atoms with E-state index in [1.54, 1.807) is 24.8 Å². The van der Waals surface area contributed by atoms with E-state index < -0.39 is 0 Å². The Kier molecular flexibility index (Phi) is 3.05. The molecule has 0 saturated carbocycles. The highest BCUT2D eigenvalue weighted by Crippen LogP contribution is 2.28. The van der Waals surface area contributed by atoms with Crippen molar-refractivity contribution < 1.29 is 9.22 Å². The summed E-state index contributed by atoms with van der Waals surface area (Å²) in [5, 5.41) is 0. The van der Waals surface area contributed by atoms with Gasteiger partial charge in [-0.1, -0.05) is 30.3 Å². The fourth-order valence-electron chi connectivity index (χ4n) is 1.57. The van der Waals surface area contributed by atoms with Gasteiger partial charge in [-0.05, 0) is 23.3 Å². The predicted molar refractivity (Wildman–Crippen MR) is 63.2 cm³/mol. The van der Waals surface area contributed by atoms with Crippen molar-refractivity contribution in [1.82, 2.24) is 0 Å². The third-order valence-electron chi connectivity index (χ3n) is 2.36. The molecule has 0 saturated heterocycles. The monoisotopic (exact) mass is 217 g/mol. The summed E-state index contributed by atoms with van der Waals surface area (Å²) in [6.07, 6.45) is 0. The molecule has 0 aliphatic carbocycles. The highest BCUT2D eigenvalue weighted by atomic mass is 19.2. The number of anilines is 1. The average Bonchev–Trinajstić information content (AvgIpc) is 2.39. The first kappa shape index (κ1) is 10.5. The maximum Gasteiger partial charge on any atom is 0.121 e. The Balaban J connectivity index is 2.48. The van der Waals surface area contributed by atoms with E-state index in [2.05, 4.69) is 0 Å². The van der Waals surface area contributed by atoms with E-state index in [1.807, 2.05) is 36.4 Å². The van der Waals surface area contributed by atoms with Crippen LogP contribution >= 0.6 is 0 Å². The van der Waals surface area contributed by atoms with Gasteiger partial charge >= 0.3 is 0 Å². The molecule has 0 aliphatic heterocycles. The molecule has 16 heavy (non-hydrogen) atoms. The number of hydrogen-bond acceptors (Lipinski definition) is 2. The third-order valence-corrected chi connectivity index (χ3v) is 2.36. The van der Waals surface area contributed by atoms with Crippen LogP contribution in [0.15, 0.2) is 48.5 Å². The summed E-state index contributed by atoms with van der Waals surface area (Å²) in [4.78, 5) is 0. The second-order valence-electron chi connectivity index (χ2n) is 3.41. The van der Waals surface area contributed by atoms with Gasteiger partial charge < -0.3 is 4.74 Å². The van der Waals surface area contributed by atoms with E-state index >= 15 is 0 Å². The normalized spacial score (nSPS) is 9.88. The predicted octanol–water partition coefficient (Wildman–Crippen LogP) is 3.66. The van der Waals surface area contributed by atoms with Crippen molar-refractivity contribution in [2.75, 3.05) is 12.6 Å². The van der Waals surface area contributed by atoms with Gasteiger partial charge in [-0.25, -0.2) is 5.54 Å². The Morgan fingerprint density at radius 1 is 1.00 bits per heavy atom.